The number of rotatable bonds is 3. The van der Waals surface area contributed by atoms with Gasteiger partial charge in [-0.3, -0.25) is 19.1 Å². The van der Waals surface area contributed by atoms with Crippen molar-refractivity contribution in [1.29, 1.82) is 0 Å². The van der Waals surface area contributed by atoms with Gasteiger partial charge in [-0.1, -0.05) is 0 Å². The van der Waals surface area contributed by atoms with E-state index in [9.17, 15) is 19.5 Å². The molecule has 0 unspecified atom stereocenters. The summed E-state index contributed by atoms with van der Waals surface area (Å²) in [4.78, 5) is 35.9. The number of hydrogen-bond donors (Lipinski definition) is 4. The molecule has 3 atom stereocenters. The minimum atomic E-state index is -1.08. The van der Waals surface area contributed by atoms with Crippen molar-refractivity contribution < 1.29 is 19.7 Å². The van der Waals surface area contributed by atoms with E-state index in [-0.39, 0.29) is 13.0 Å². The van der Waals surface area contributed by atoms with Crippen LogP contribution in [-0.4, -0.2) is 44.5 Å². The highest BCUT2D eigenvalue weighted by molar-refractivity contribution is 5.91. The number of nitrogens with two attached hydrogens (primary N) is 1. The minimum absolute atomic E-state index is 0.138. The Kier molecular flexibility index (Phi) is 3.51. The Bertz CT molecular complexity index is 606. The van der Waals surface area contributed by atoms with Crippen LogP contribution in [0.25, 0.3) is 0 Å². The summed E-state index contributed by atoms with van der Waals surface area (Å²) in [7, 11) is 0. The predicted octanol–water partition coefficient (Wildman–Crippen LogP) is -2.72. The molecule has 1 aliphatic heterocycles. The van der Waals surface area contributed by atoms with Crippen molar-refractivity contribution in [3.8, 4) is 0 Å². The summed E-state index contributed by atoms with van der Waals surface area (Å²) in [5, 5.41) is 18.7. The van der Waals surface area contributed by atoms with Gasteiger partial charge in [-0.15, -0.1) is 0 Å². The second-order valence-corrected chi connectivity index (χ2v) is 4.21. The van der Waals surface area contributed by atoms with E-state index >= 15 is 0 Å². The first-order chi connectivity index (χ1) is 8.93. The molecule has 1 aromatic heterocycles. The van der Waals surface area contributed by atoms with E-state index < -0.39 is 41.2 Å². The van der Waals surface area contributed by atoms with E-state index in [1.807, 2.05) is 4.98 Å². The predicted molar refractivity (Wildman–Crippen MR) is 61.5 cm³/mol. The van der Waals surface area contributed by atoms with E-state index in [0.717, 1.165) is 10.8 Å². The number of aliphatic hydroxyl groups is 2. The number of carbonyl (C=O) groups excluding carboxylic acids is 1. The smallest absolute Gasteiger partial charge is 0.330 e. The average Bonchev–Trinajstić information content (AvgIpc) is 2.70. The van der Waals surface area contributed by atoms with Crippen molar-refractivity contribution in [2.45, 2.75) is 24.9 Å². The van der Waals surface area contributed by atoms with E-state index in [2.05, 4.69) is 0 Å². The van der Waals surface area contributed by atoms with Gasteiger partial charge < -0.3 is 20.7 Å². The highest BCUT2D eigenvalue weighted by Gasteiger charge is 2.35. The maximum absolute atomic E-state index is 11.6. The molecule has 9 nitrogen and oxygen atoms in total. The third-order valence-corrected chi connectivity index (χ3v) is 2.88. The first kappa shape index (κ1) is 13.5. The maximum Gasteiger partial charge on any atom is 0.330 e. The zero-order valence-corrected chi connectivity index (χ0v) is 9.78. The van der Waals surface area contributed by atoms with Crippen LogP contribution in [-0.2, 0) is 4.74 Å². The normalized spacial score (nSPS) is 26.5. The molecule has 9 heteroatoms. The number of nitrogens with zero attached hydrogens (tertiary/aromatic N) is 1. The van der Waals surface area contributed by atoms with Crippen LogP contribution in [0.15, 0.2) is 15.8 Å². The lowest BCUT2D eigenvalue weighted by Crippen LogP contribution is -2.39. The monoisotopic (exact) mass is 271 g/mol. The van der Waals surface area contributed by atoms with Crippen molar-refractivity contribution in [3.05, 3.63) is 32.6 Å². The van der Waals surface area contributed by atoms with Gasteiger partial charge in [0.2, 0.25) is 0 Å². The summed E-state index contributed by atoms with van der Waals surface area (Å²) in [5.41, 5.74) is 2.85. The molecule has 0 saturated carbocycles. The zero-order valence-electron chi connectivity index (χ0n) is 9.78. The Morgan fingerprint density at radius 2 is 2.26 bits per heavy atom. The average molecular weight is 271 g/mol. The van der Waals surface area contributed by atoms with Gasteiger partial charge in [0.25, 0.3) is 11.5 Å². The maximum atomic E-state index is 11.6. The second kappa shape index (κ2) is 4.96. The molecule has 0 bridgehead atoms. The van der Waals surface area contributed by atoms with Gasteiger partial charge in [-0.25, -0.2) is 4.79 Å². The highest BCUT2D eigenvalue weighted by atomic mass is 16.5. The van der Waals surface area contributed by atoms with Crippen molar-refractivity contribution in [3.63, 3.8) is 0 Å². The molecule has 2 rings (SSSR count). The number of hydrogen-bond acceptors (Lipinski definition) is 6. The number of ether oxygens (including phenoxy) is 1. The van der Waals surface area contributed by atoms with Crippen LogP contribution in [0.2, 0.25) is 0 Å². The summed E-state index contributed by atoms with van der Waals surface area (Å²) in [6, 6.07) is 0. The van der Waals surface area contributed by atoms with Gasteiger partial charge in [0.1, 0.15) is 11.7 Å². The van der Waals surface area contributed by atoms with Gasteiger partial charge in [0, 0.05) is 12.6 Å². The molecule has 1 fully saturated rings. The van der Waals surface area contributed by atoms with Crippen molar-refractivity contribution in [1.82, 2.24) is 9.55 Å². The third-order valence-electron chi connectivity index (χ3n) is 2.88. The summed E-state index contributed by atoms with van der Waals surface area (Å²) in [6.07, 6.45) is -1.66. The number of nitrogens with one attached hydrogen (secondary N) is 1. The molecular formula is C10H13N3O6. The highest BCUT2D eigenvalue weighted by Crippen LogP contribution is 2.27. The van der Waals surface area contributed by atoms with Crippen LogP contribution in [0.3, 0.4) is 0 Å². The Labute approximate surface area is 106 Å². The number of aromatic nitrogens is 2. The molecule has 0 radical (unpaired) electrons. The van der Waals surface area contributed by atoms with Crippen LogP contribution in [0.5, 0.6) is 0 Å². The number of primary amides is 1. The number of H-pyrrole nitrogens is 1. The molecule has 1 aromatic rings. The minimum Gasteiger partial charge on any atom is -0.394 e. The summed E-state index contributed by atoms with van der Waals surface area (Å²) >= 11 is 0. The van der Waals surface area contributed by atoms with Crippen molar-refractivity contribution in [2.24, 2.45) is 5.73 Å². The Morgan fingerprint density at radius 3 is 2.79 bits per heavy atom. The summed E-state index contributed by atoms with van der Waals surface area (Å²) in [6.45, 7) is -0.311. The van der Waals surface area contributed by atoms with Gasteiger partial charge in [-0.2, -0.15) is 0 Å². The molecule has 0 aliphatic carbocycles. The Hall–Kier alpha value is -1.97. The third kappa shape index (κ3) is 2.43. The van der Waals surface area contributed by atoms with E-state index in [4.69, 9.17) is 15.6 Å². The Balaban J connectivity index is 2.46. The topological polar surface area (TPSA) is 148 Å². The fourth-order valence-corrected chi connectivity index (χ4v) is 1.95. The fraction of sp³-hybridized carbons (Fsp3) is 0.500. The largest absolute Gasteiger partial charge is 0.394 e. The van der Waals surface area contributed by atoms with Crippen LogP contribution in [0.4, 0.5) is 0 Å². The van der Waals surface area contributed by atoms with Gasteiger partial charge in [-0.05, 0) is 0 Å². The van der Waals surface area contributed by atoms with Crippen molar-refractivity contribution in [2.75, 3.05) is 6.61 Å². The van der Waals surface area contributed by atoms with Crippen LogP contribution >= 0.6 is 0 Å². The van der Waals surface area contributed by atoms with Crippen LogP contribution in [0.1, 0.15) is 23.0 Å². The lowest BCUT2D eigenvalue weighted by atomic mass is 10.2. The van der Waals surface area contributed by atoms with Crippen LogP contribution < -0.4 is 17.0 Å². The van der Waals surface area contributed by atoms with Crippen molar-refractivity contribution >= 4 is 5.91 Å². The standard InChI is InChI=1S/C10H13N3O6/c11-7(16)5-2-13(10(18)12-8(5)17)9-6(15)1-4(3-14)19-9/h2,4,6,9,14-15H,1,3H2,(H2,11,16)(H,12,17,18)/t4-,6+,9+/m0/s1. The summed E-state index contributed by atoms with van der Waals surface area (Å²) < 4.78 is 6.13. The summed E-state index contributed by atoms with van der Waals surface area (Å²) in [5.74, 6) is -0.999. The lowest BCUT2D eigenvalue weighted by Gasteiger charge is -2.17. The van der Waals surface area contributed by atoms with Gasteiger partial charge >= 0.3 is 5.69 Å². The molecule has 0 spiro atoms. The first-order valence-electron chi connectivity index (χ1n) is 5.53. The van der Waals surface area contributed by atoms with Crippen LogP contribution in [0, 0.1) is 0 Å². The number of aliphatic hydroxyl groups excluding tert-OH is 2. The SMILES string of the molecule is NC(=O)c1cn([C@@H]2O[C@H](CO)C[C@H]2O)c(=O)[nH]c1=O. The Morgan fingerprint density at radius 1 is 1.58 bits per heavy atom. The lowest BCUT2D eigenvalue weighted by molar-refractivity contribution is -0.0531. The number of aromatic amines is 1. The fourth-order valence-electron chi connectivity index (χ4n) is 1.95. The molecular weight excluding hydrogens is 258 g/mol. The molecule has 104 valence electrons. The molecule has 5 N–H and O–H groups in total. The van der Waals surface area contributed by atoms with Gasteiger partial charge in [0.05, 0.1) is 12.7 Å². The number of carbonyl (C=O) groups is 1. The second-order valence-electron chi connectivity index (χ2n) is 4.21. The quantitative estimate of drug-likeness (QED) is 0.469. The molecule has 2 heterocycles. The van der Waals surface area contributed by atoms with E-state index in [1.54, 1.807) is 0 Å². The molecule has 1 saturated heterocycles. The first-order valence-corrected chi connectivity index (χ1v) is 5.53. The van der Waals surface area contributed by atoms with E-state index in [0.29, 0.717) is 0 Å². The van der Waals surface area contributed by atoms with E-state index in [1.165, 1.54) is 0 Å². The number of amides is 1. The molecule has 1 amide bonds. The molecule has 1 aliphatic rings. The van der Waals surface area contributed by atoms with Gasteiger partial charge in [0.15, 0.2) is 6.23 Å². The molecule has 19 heavy (non-hydrogen) atoms. The zero-order chi connectivity index (χ0) is 14.2. The molecule has 0 aromatic carbocycles.